The minimum absolute atomic E-state index is 0.0419. The lowest BCUT2D eigenvalue weighted by atomic mass is 10.0. The van der Waals surface area contributed by atoms with Crippen LogP contribution in [0.5, 0.6) is 11.5 Å². The SMILES string of the molecule is COc1cccc(N2CC(c3nc4ccccc4n3CCCCOc3ccccc3C(C)C)CC2=O)c1. The third-order valence-corrected chi connectivity index (χ3v) is 7.11. The van der Waals surface area contributed by atoms with E-state index < -0.39 is 0 Å². The number of hydrogen-bond acceptors (Lipinski definition) is 4. The number of unbranched alkanes of at least 4 members (excludes halogenated alkanes) is 1. The molecule has 1 aliphatic rings. The molecule has 1 amide bonds. The summed E-state index contributed by atoms with van der Waals surface area (Å²) in [7, 11) is 1.64. The highest BCUT2D eigenvalue weighted by molar-refractivity contribution is 5.96. The Morgan fingerprint density at radius 3 is 2.65 bits per heavy atom. The number of fused-ring (bicyclic) bond motifs is 1. The van der Waals surface area contributed by atoms with Crippen molar-refractivity contribution in [3.05, 3.63) is 84.2 Å². The van der Waals surface area contributed by atoms with Gasteiger partial charge in [0, 0.05) is 37.2 Å². The Hall–Kier alpha value is -3.80. The number of nitrogens with zero attached hydrogens (tertiary/aromatic N) is 3. The summed E-state index contributed by atoms with van der Waals surface area (Å²) in [5.41, 5.74) is 4.22. The number of ether oxygens (including phenoxy) is 2. The Morgan fingerprint density at radius 2 is 1.81 bits per heavy atom. The number of para-hydroxylation sites is 3. The molecule has 0 saturated carbocycles. The molecule has 5 rings (SSSR count). The number of methoxy groups -OCH3 is 1. The van der Waals surface area contributed by atoms with Crippen LogP contribution in [0.2, 0.25) is 0 Å². The smallest absolute Gasteiger partial charge is 0.227 e. The van der Waals surface area contributed by atoms with E-state index in [-0.39, 0.29) is 11.8 Å². The first-order chi connectivity index (χ1) is 18.0. The van der Waals surface area contributed by atoms with Crippen molar-refractivity contribution in [1.82, 2.24) is 9.55 Å². The third-order valence-electron chi connectivity index (χ3n) is 7.11. The number of imidazole rings is 1. The molecular weight excluding hydrogens is 462 g/mol. The summed E-state index contributed by atoms with van der Waals surface area (Å²) in [6, 6.07) is 24.2. The summed E-state index contributed by atoms with van der Waals surface area (Å²) in [6.45, 7) is 6.52. The zero-order chi connectivity index (χ0) is 25.8. The van der Waals surface area contributed by atoms with Gasteiger partial charge in [-0.1, -0.05) is 50.2 Å². The predicted molar refractivity (Wildman–Crippen MR) is 148 cm³/mol. The number of carbonyl (C=O) groups excluding carboxylic acids is 1. The van der Waals surface area contributed by atoms with Gasteiger partial charge in [0.2, 0.25) is 5.91 Å². The van der Waals surface area contributed by atoms with Crippen LogP contribution >= 0.6 is 0 Å². The van der Waals surface area contributed by atoms with Gasteiger partial charge >= 0.3 is 0 Å². The second-order valence-corrected chi connectivity index (χ2v) is 9.97. The van der Waals surface area contributed by atoms with Crippen molar-refractivity contribution in [2.45, 2.75) is 51.5 Å². The highest BCUT2D eigenvalue weighted by Crippen LogP contribution is 2.34. The van der Waals surface area contributed by atoms with Crippen molar-refractivity contribution in [1.29, 1.82) is 0 Å². The van der Waals surface area contributed by atoms with Crippen molar-refractivity contribution in [3.8, 4) is 11.5 Å². The van der Waals surface area contributed by atoms with E-state index in [1.807, 2.05) is 41.3 Å². The fourth-order valence-electron chi connectivity index (χ4n) is 5.19. The number of carbonyl (C=O) groups is 1. The van der Waals surface area contributed by atoms with E-state index in [0.29, 0.717) is 25.5 Å². The number of benzene rings is 3. The average Bonchev–Trinajstić information content (AvgIpc) is 3.49. The molecule has 6 nitrogen and oxygen atoms in total. The number of aromatic nitrogens is 2. The van der Waals surface area contributed by atoms with Crippen LogP contribution in [-0.4, -0.2) is 35.7 Å². The summed E-state index contributed by atoms with van der Waals surface area (Å²) >= 11 is 0. The van der Waals surface area contributed by atoms with Crippen molar-refractivity contribution in [3.63, 3.8) is 0 Å². The van der Waals surface area contributed by atoms with Crippen LogP contribution in [0, 0.1) is 0 Å². The van der Waals surface area contributed by atoms with Crippen LogP contribution in [0.25, 0.3) is 11.0 Å². The van der Waals surface area contributed by atoms with E-state index >= 15 is 0 Å². The first-order valence-electron chi connectivity index (χ1n) is 13.2. The maximum Gasteiger partial charge on any atom is 0.227 e. The van der Waals surface area contributed by atoms with E-state index in [0.717, 1.165) is 53.4 Å². The zero-order valence-electron chi connectivity index (χ0n) is 21.9. The number of rotatable bonds is 10. The van der Waals surface area contributed by atoms with Crippen molar-refractivity contribution in [2.24, 2.45) is 0 Å². The lowest BCUT2D eigenvalue weighted by Gasteiger charge is -2.18. The first kappa shape index (κ1) is 24.9. The molecule has 3 aromatic carbocycles. The molecule has 1 fully saturated rings. The van der Waals surface area contributed by atoms with Gasteiger partial charge in [0.1, 0.15) is 17.3 Å². The molecule has 2 heterocycles. The number of anilines is 1. The molecule has 0 spiro atoms. The molecule has 1 aromatic heterocycles. The van der Waals surface area contributed by atoms with Crippen LogP contribution in [-0.2, 0) is 11.3 Å². The summed E-state index contributed by atoms with van der Waals surface area (Å²) < 4.78 is 13.8. The largest absolute Gasteiger partial charge is 0.497 e. The molecular formula is C31H35N3O3. The molecule has 37 heavy (non-hydrogen) atoms. The second-order valence-electron chi connectivity index (χ2n) is 9.97. The summed E-state index contributed by atoms with van der Waals surface area (Å²) in [4.78, 5) is 19.9. The topological polar surface area (TPSA) is 56.6 Å². The van der Waals surface area contributed by atoms with Crippen LogP contribution in [0.15, 0.2) is 72.8 Å². The van der Waals surface area contributed by atoms with E-state index in [9.17, 15) is 4.79 Å². The molecule has 1 saturated heterocycles. The quantitative estimate of drug-likeness (QED) is 0.233. The summed E-state index contributed by atoms with van der Waals surface area (Å²) in [5, 5.41) is 0. The Balaban J connectivity index is 1.29. The fraction of sp³-hybridized carbons (Fsp3) is 0.355. The van der Waals surface area contributed by atoms with Gasteiger partial charge < -0.3 is 18.9 Å². The van der Waals surface area contributed by atoms with Gasteiger partial charge in [0.15, 0.2) is 0 Å². The Bertz CT molecular complexity index is 1380. The Morgan fingerprint density at radius 1 is 1.00 bits per heavy atom. The van der Waals surface area contributed by atoms with Crippen LogP contribution in [0.1, 0.15) is 56.3 Å². The van der Waals surface area contributed by atoms with E-state index in [1.165, 1.54) is 5.56 Å². The molecule has 1 unspecified atom stereocenters. The highest BCUT2D eigenvalue weighted by atomic mass is 16.5. The molecule has 192 valence electrons. The lowest BCUT2D eigenvalue weighted by Crippen LogP contribution is -2.24. The molecule has 0 N–H and O–H groups in total. The van der Waals surface area contributed by atoms with Crippen LogP contribution in [0.3, 0.4) is 0 Å². The molecule has 6 heteroatoms. The molecule has 4 aromatic rings. The van der Waals surface area contributed by atoms with Crippen molar-refractivity contribution < 1.29 is 14.3 Å². The minimum Gasteiger partial charge on any atom is -0.497 e. The summed E-state index contributed by atoms with van der Waals surface area (Å²) in [5.74, 6) is 3.31. The van der Waals surface area contributed by atoms with Gasteiger partial charge in [-0.05, 0) is 54.7 Å². The molecule has 0 aliphatic carbocycles. The first-order valence-corrected chi connectivity index (χ1v) is 13.2. The van der Waals surface area contributed by atoms with Gasteiger partial charge in [-0.15, -0.1) is 0 Å². The second kappa shape index (κ2) is 11.1. The van der Waals surface area contributed by atoms with Gasteiger partial charge in [0.25, 0.3) is 0 Å². The normalized spacial score (nSPS) is 15.6. The zero-order valence-corrected chi connectivity index (χ0v) is 21.9. The average molecular weight is 498 g/mol. The standard InChI is InChI=1S/C31H35N3O3/c1-22(2)26-13-4-7-16-29(26)37-18-9-8-17-33-28-15-6-5-14-27(28)32-31(33)23-19-30(35)34(21-23)24-11-10-12-25(20-24)36-3/h4-7,10-16,20,22-23H,8-9,17-19,21H2,1-3H3. The predicted octanol–water partition coefficient (Wildman–Crippen LogP) is 6.55. The van der Waals surface area contributed by atoms with Gasteiger partial charge in [-0.3, -0.25) is 4.79 Å². The summed E-state index contributed by atoms with van der Waals surface area (Å²) in [6.07, 6.45) is 2.37. The lowest BCUT2D eigenvalue weighted by molar-refractivity contribution is -0.117. The Labute approximate surface area is 218 Å². The van der Waals surface area contributed by atoms with Crippen molar-refractivity contribution >= 4 is 22.6 Å². The molecule has 0 bridgehead atoms. The maximum absolute atomic E-state index is 13.0. The Kier molecular flexibility index (Phi) is 7.45. The number of hydrogen-bond donors (Lipinski definition) is 0. The third kappa shape index (κ3) is 5.33. The number of amides is 1. The van der Waals surface area contributed by atoms with E-state index in [1.54, 1.807) is 7.11 Å². The van der Waals surface area contributed by atoms with Gasteiger partial charge in [-0.25, -0.2) is 4.98 Å². The van der Waals surface area contributed by atoms with Crippen LogP contribution < -0.4 is 14.4 Å². The fourth-order valence-corrected chi connectivity index (χ4v) is 5.19. The number of aryl methyl sites for hydroxylation is 1. The molecule has 1 atom stereocenters. The highest BCUT2D eigenvalue weighted by Gasteiger charge is 2.35. The molecule has 0 radical (unpaired) electrons. The van der Waals surface area contributed by atoms with E-state index in [2.05, 4.69) is 54.8 Å². The maximum atomic E-state index is 13.0. The minimum atomic E-state index is 0.0419. The van der Waals surface area contributed by atoms with Gasteiger partial charge in [0.05, 0.1) is 24.8 Å². The monoisotopic (exact) mass is 497 g/mol. The van der Waals surface area contributed by atoms with Gasteiger partial charge in [-0.2, -0.15) is 0 Å². The van der Waals surface area contributed by atoms with E-state index in [4.69, 9.17) is 14.5 Å². The molecule has 1 aliphatic heterocycles. The van der Waals surface area contributed by atoms with Crippen molar-refractivity contribution in [2.75, 3.05) is 25.2 Å². The van der Waals surface area contributed by atoms with Crippen LogP contribution in [0.4, 0.5) is 5.69 Å².